The average Bonchev–Trinajstić information content (AvgIpc) is 2.71. The molecule has 4 nitrogen and oxygen atoms in total. The van der Waals surface area contributed by atoms with Gasteiger partial charge in [-0.3, -0.25) is 0 Å². The second-order valence-corrected chi connectivity index (χ2v) is 4.47. The van der Waals surface area contributed by atoms with Crippen molar-refractivity contribution >= 4 is 5.95 Å². The van der Waals surface area contributed by atoms with Gasteiger partial charge in [-0.25, -0.2) is 4.98 Å². The van der Waals surface area contributed by atoms with Crippen molar-refractivity contribution in [3.05, 3.63) is 47.0 Å². The molecule has 2 aromatic rings. The Bertz CT molecular complexity index is 520. The van der Waals surface area contributed by atoms with Crippen LogP contribution < -0.4 is 5.73 Å². The first-order chi connectivity index (χ1) is 8.22. The summed E-state index contributed by atoms with van der Waals surface area (Å²) in [6.07, 6.45) is 2.00. The van der Waals surface area contributed by atoms with E-state index in [1.54, 1.807) is 0 Å². The van der Waals surface area contributed by atoms with Crippen LogP contribution in [0, 0.1) is 6.92 Å². The molecule has 0 fully saturated rings. The molecule has 1 aliphatic carbocycles. The third kappa shape index (κ3) is 1.86. The van der Waals surface area contributed by atoms with Gasteiger partial charge in [-0.1, -0.05) is 24.3 Å². The molecule has 86 valence electrons. The highest BCUT2D eigenvalue weighted by Crippen LogP contribution is 2.32. The van der Waals surface area contributed by atoms with Gasteiger partial charge in [0.05, 0.1) is 0 Å². The molecule has 2 N–H and O–H groups in total. The van der Waals surface area contributed by atoms with E-state index in [2.05, 4.69) is 39.2 Å². The van der Waals surface area contributed by atoms with Gasteiger partial charge >= 0.3 is 0 Å². The molecule has 1 aromatic carbocycles. The van der Waals surface area contributed by atoms with Gasteiger partial charge in [-0.15, -0.1) is 0 Å². The summed E-state index contributed by atoms with van der Waals surface area (Å²) >= 11 is 0. The lowest BCUT2D eigenvalue weighted by Crippen LogP contribution is -2.09. The largest absolute Gasteiger partial charge is 0.368 e. The number of nitrogen functional groups attached to an aromatic ring is 1. The first-order valence-corrected chi connectivity index (χ1v) is 5.77. The van der Waals surface area contributed by atoms with Crippen molar-refractivity contribution in [2.75, 3.05) is 5.73 Å². The van der Waals surface area contributed by atoms with Crippen LogP contribution >= 0.6 is 0 Å². The summed E-state index contributed by atoms with van der Waals surface area (Å²) in [6, 6.07) is 8.50. The van der Waals surface area contributed by atoms with Gasteiger partial charge in [-0.2, -0.15) is 9.97 Å². The molecule has 1 aromatic heterocycles. The van der Waals surface area contributed by atoms with E-state index in [0.29, 0.717) is 17.7 Å². The molecule has 4 heteroatoms. The Morgan fingerprint density at radius 3 is 2.29 bits per heavy atom. The summed E-state index contributed by atoms with van der Waals surface area (Å²) < 4.78 is 0. The molecule has 0 radical (unpaired) electrons. The van der Waals surface area contributed by atoms with Crippen molar-refractivity contribution in [1.29, 1.82) is 0 Å². The zero-order chi connectivity index (χ0) is 11.8. The predicted molar refractivity (Wildman–Crippen MR) is 65.6 cm³/mol. The van der Waals surface area contributed by atoms with Crippen LogP contribution in [-0.2, 0) is 12.8 Å². The molecule has 1 aliphatic rings. The fraction of sp³-hybridized carbons (Fsp3) is 0.308. The molecule has 0 spiro atoms. The Hall–Kier alpha value is -1.97. The van der Waals surface area contributed by atoms with E-state index >= 15 is 0 Å². The van der Waals surface area contributed by atoms with Crippen LogP contribution in [0.25, 0.3) is 0 Å². The van der Waals surface area contributed by atoms with E-state index in [1.165, 1.54) is 11.1 Å². The number of hydrogen-bond donors (Lipinski definition) is 1. The quantitative estimate of drug-likeness (QED) is 0.803. The van der Waals surface area contributed by atoms with Crippen LogP contribution in [0.1, 0.15) is 28.7 Å². The molecule has 0 bridgehead atoms. The van der Waals surface area contributed by atoms with E-state index in [4.69, 9.17) is 5.73 Å². The predicted octanol–water partition coefficient (Wildman–Crippen LogP) is 1.64. The van der Waals surface area contributed by atoms with Crippen LogP contribution in [0.15, 0.2) is 24.3 Å². The Balaban J connectivity index is 1.93. The number of anilines is 1. The SMILES string of the molecule is Cc1nc(N)nc(C2Cc3ccccc3C2)n1. The van der Waals surface area contributed by atoms with Crippen molar-refractivity contribution in [3.8, 4) is 0 Å². The van der Waals surface area contributed by atoms with Crippen molar-refractivity contribution in [3.63, 3.8) is 0 Å². The number of aryl methyl sites for hydroxylation is 1. The summed E-state index contributed by atoms with van der Waals surface area (Å²) in [5.41, 5.74) is 8.46. The average molecular weight is 226 g/mol. The van der Waals surface area contributed by atoms with Gasteiger partial charge in [-0.05, 0) is 30.9 Å². The van der Waals surface area contributed by atoms with Crippen molar-refractivity contribution < 1.29 is 0 Å². The van der Waals surface area contributed by atoms with E-state index in [0.717, 1.165) is 18.7 Å². The standard InChI is InChI=1S/C13H14N4/c1-8-15-12(17-13(14)16-8)11-6-9-4-2-3-5-10(9)7-11/h2-5,11H,6-7H2,1H3,(H2,14,15,16,17). The van der Waals surface area contributed by atoms with E-state index < -0.39 is 0 Å². The molecule has 1 heterocycles. The first-order valence-electron chi connectivity index (χ1n) is 5.77. The molecular weight excluding hydrogens is 212 g/mol. The van der Waals surface area contributed by atoms with Crippen LogP contribution in [-0.4, -0.2) is 15.0 Å². The maximum Gasteiger partial charge on any atom is 0.223 e. The summed E-state index contributed by atoms with van der Waals surface area (Å²) in [5.74, 6) is 2.19. The number of aromatic nitrogens is 3. The topological polar surface area (TPSA) is 64.7 Å². The number of nitrogens with zero attached hydrogens (tertiary/aromatic N) is 3. The highest BCUT2D eigenvalue weighted by molar-refractivity contribution is 5.35. The lowest BCUT2D eigenvalue weighted by Gasteiger charge is -2.08. The second kappa shape index (κ2) is 3.80. The highest BCUT2D eigenvalue weighted by Gasteiger charge is 2.25. The van der Waals surface area contributed by atoms with Gasteiger partial charge in [0.1, 0.15) is 11.6 Å². The Morgan fingerprint density at radius 2 is 1.71 bits per heavy atom. The van der Waals surface area contributed by atoms with Gasteiger partial charge in [0.15, 0.2) is 0 Å². The molecule has 0 saturated heterocycles. The monoisotopic (exact) mass is 226 g/mol. The number of fused-ring (bicyclic) bond motifs is 1. The molecule has 0 atom stereocenters. The smallest absolute Gasteiger partial charge is 0.223 e. The first kappa shape index (κ1) is 10.2. The minimum absolute atomic E-state index is 0.323. The van der Waals surface area contributed by atoms with E-state index in [1.807, 2.05) is 6.92 Å². The zero-order valence-electron chi connectivity index (χ0n) is 9.72. The van der Waals surface area contributed by atoms with Gasteiger partial charge in [0, 0.05) is 5.92 Å². The molecule has 17 heavy (non-hydrogen) atoms. The van der Waals surface area contributed by atoms with Crippen molar-refractivity contribution in [2.45, 2.75) is 25.7 Å². The van der Waals surface area contributed by atoms with E-state index in [-0.39, 0.29) is 0 Å². The lowest BCUT2D eigenvalue weighted by molar-refractivity contribution is 0.671. The number of nitrogens with two attached hydrogens (primary N) is 1. The summed E-state index contributed by atoms with van der Waals surface area (Å²) in [6.45, 7) is 1.85. The molecule has 0 unspecified atom stereocenters. The molecule has 3 rings (SSSR count). The lowest BCUT2D eigenvalue weighted by atomic mass is 10.1. The Labute approximate surface area is 99.9 Å². The number of benzene rings is 1. The third-order valence-electron chi connectivity index (χ3n) is 3.20. The molecular formula is C13H14N4. The number of rotatable bonds is 1. The van der Waals surface area contributed by atoms with Crippen LogP contribution in [0.3, 0.4) is 0 Å². The third-order valence-corrected chi connectivity index (χ3v) is 3.20. The Morgan fingerprint density at radius 1 is 1.06 bits per heavy atom. The minimum atomic E-state index is 0.323. The Kier molecular flexibility index (Phi) is 2.28. The van der Waals surface area contributed by atoms with Gasteiger partial charge in [0.25, 0.3) is 0 Å². The van der Waals surface area contributed by atoms with Crippen molar-refractivity contribution in [2.24, 2.45) is 0 Å². The van der Waals surface area contributed by atoms with Gasteiger partial charge in [0.2, 0.25) is 5.95 Å². The number of hydrogen-bond acceptors (Lipinski definition) is 4. The molecule has 0 aliphatic heterocycles. The minimum Gasteiger partial charge on any atom is -0.368 e. The van der Waals surface area contributed by atoms with E-state index in [9.17, 15) is 0 Å². The molecule has 0 saturated carbocycles. The maximum atomic E-state index is 5.67. The fourth-order valence-corrected chi connectivity index (χ4v) is 2.45. The summed E-state index contributed by atoms with van der Waals surface area (Å²) in [4.78, 5) is 12.7. The van der Waals surface area contributed by atoms with Crippen LogP contribution in [0.5, 0.6) is 0 Å². The zero-order valence-corrected chi connectivity index (χ0v) is 9.72. The fourth-order valence-electron chi connectivity index (χ4n) is 2.45. The molecule has 0 amide bonds. The summed E-state index contributed by atoms with van der Waals surface area (Å²) in [5, 5.41) is 0. The van der Waals surface area contributed by atoms with Crippen LogP contribution in [0.2, 0.25) is 0 Å². The maximum absolute atomic E-state index is 5.67. The normalized spacial score (nSPS) is 14.9. The van der Waals surface area contributed by atoms with Gasteiger partial charge < -0.3 is 5.73 Å². The second-order valence-electron chi connectivity index (χ2n) is 4.47. The highest BCUT2D eigenvalue weighted by atomic mass is 15.1. The van der Waals surface area contributed by atoms with Crippen LogP contribution in [0.4, 0.5) is 5.95 Å². The van der Waals surface area contributed by atoms with Crippen molar-refractivity contribution in [1.82, 2.24) is 15.0 Å². The summed E-state index contributed by atoms with van der Waals surface area (Å²) in [7, 11) is 0.